The Bertz CT molecular complexity index is 141. The Hall–Kier alpha value is 0.774. The maximum atomic E-state index is 2.44. The summed E-state index contributed by atoms with van der Waals surface area (Å²) in [7, 11) is 4.01. The summed E-state index contributed by atoms with van der Waals surface area (Å²) in [6.07, 6.45) is 4.51. The van der Waals surface area contributed by atoms with Crippen molar-refractivity contribution in [3.8, 4) is 0 Å². The molecule has 1 heterocycles. The van der Waals surface area contributed by atoms with E-state index in [-0.39, 0.29) is 0 Å². The molecule has 0 N–H and O–H groups in total. The molecule has 3 heteroatoms. The van der Waals surface area contributed by atoms with Gasteiger partial charge in [0.2, 0.25) is 0 Å². The summed E-state index contributed by atoms with van der Waals surface area (Å²) in [4.78, 5) is 2.44. The zero-order chi connectivity index (χ0) is 9.19. The predicted molar refractivity (Wildman–Crippen MR) is 58.5 cm³/mol. The second kappa shape index (κ2) is 4.33. The van der Waals surface area contributed by atoms with E-state index in [0.717, 1.165) is 0 Å². The monoisotopic (exact) mass is 177 g/mol. The van der Waals surface area contributed by atoms with Crippen LogP contribution in [-0.4, -0.2) is 49.3 Å². The molecule has 1 fully saturated rings. The number of hydrogen-bond acceptors (Lipinski definition) is 1. The number of rotatable bonds is 2. The van der Waals surface area contributed by atoms with Gasteiger partial charge in [0.05, 0.1) is 0 Å². The first-order valence-electron chi connectivity index (χ1n) is 5.22. The molecule has 0 aromatic carbocycles. The van der Waals surface area contributed by atoms with Gasteiger partial charge in [-0.15, -0.1) is 0 Å². The van der Waals surface area contributed by atoms with E-state index in [2.05, 4.69) is 43.6 Å². The molecular weight excluding hydrogens is 157 g/mol. The van der Waals surface area contributed by atoms with Crippen molar-refractivity contribution in [1.29, 1.82) is 0 Å². The van der Waals surface area contributed by atoms with Crippen molar-refractivity contribution in [3.63, 3.8) is 0 Å². The fourth-order valence-corrected chi connectivity index (χ4v) is 6.17. The zero-order valence-corrected chi connectivity index (χ0v) is 10.2. The van der Waals surface area contributed by atoms with Crippen LogP contribution in [0.15, 0.2) is 0 Å². The van der Waals surface area contributed by atoms with Gasteiger partial charge in [0, 0.05) is 0 Å². The third-order valence-electron chi connectivity index (χ3n) is 3.76. The van der Waals surface area contributed by atoms with Crippen molar-refractivity contribution in [2.24, 2.45) is 0 Å². The summed E-state index contributed by atoms with van der Waals surface area (Å²) < 4.78 is 0.542. The minimum absolute atomic E-state index is 0.467. The van der Waals surface area contributed by atoms with Crippen LogP contribution in [0.4, 0.5) is 0 Å². The summed E-state index contributed by atoms with van der Waals surface area (Å²) in [5.74, 6) is 0. The molecule has 1 aliphatic heterocycles. The Morgan fingerprint density at radius 2 is 1.67 bits per heavy atom. The van der Waals surface area contributed by atoms with Crippen molar-refractivity contribution in [1.82, 2.24) is 4.90 Å². The average molecular weight is 177 g/mol. The van der Waals surface area contributed by atoms with Crippen molar-refractivity contribution in [2.45, 2.75) is 42.1 Å². The molecule has 0 spiro atoms. The van der Waals surface area contributed by atoms with Gasteiger partial charge < -0.3 is 0 Å². The van der Waals surface area contributed by atoms with Crippen LogP contribution >= 0.6 is 0 Å². The molecule has 1 unspecified atom stereocenters. The third-order valence-corrected chi connectivity index (χ3v) is 8.48. The maximum absolute atomic E-state index is 2.44. The fraction of sp³-hybridized carbons (Fsp3) is 1.00. The topological polar surface area (TPSA) is 3.24 Å². The molecule has 0 bridgehead atoms. The molecule has 0 saturated carbocycles. The van der Waals surface area contributed by atoms with Crippen molar-refractivity contribution < 1.29 is 0 Å². The molecular formula is C9H20LiNSi. The van der Waals surface area contributed by atoms with E-state index in [1.165, 1.54) is 19.3 Å². The predicted octanol–water partition coefficient (Wildman–Crippen LogP) is 1.38. The SMILES string of the molecule is [Li][C](C)(N(C)C)[SiH]1CCCCC1. The molecule has 1 saturated heterocycles. The van der Waals surface area contributed by atoms with Crippen LogP contribution in [0, 0.1) is 0 Å². The minimum atomic E-state index is -0.467. The summed E-state index contributed by atoms with van der Waals surface area (Å²) in [5, 5.41) is 0. The molecule has 12 heavy (non-hydrogen) atoms. The fourth-order valence-electron chi connectivity index (χ4n) is 2.17. The van der Waals surface area contributed by atoms with Gasteiger partial charge >= 0.3 is 87.6 Å². The first kappa shape index (κ1) is 10.9. The van der Waals surface area contributed by atoms with Crippen LogP contribution < -0.4 is 0 Å². The van der Waals surface area contributed by atoms with E-state index < -0.39 is 8.80 Å². The Balaban J connectivity index is 2.53. The van der Waals surface area contributed by atoms with Gasteiger partial charge in [0.25, 0.3) is 0 Å². The average Bonchev–Trinajstić information content (AvgIpc) is 2.06. The zero-order valence-electron chi connectivity index (χ0n) is 9.06. The summed E-state index contributed by atoms with van der Waals surface area (Å²) in [5.41, 5.74) is 0. The van der Waals surface area contributed by atoms with Crippen LogP contribution in [0.3, 0.4) is 0 Å². The Morgan fingerprint density at radius 3 is 2.08 bits per heavy atom. The van der Waals surface area contributed by atoms with Crippen molar-refractivity contribution >= 4 is 26.5 Å². The number of nitrogens with zero attached hydrogens (tertiary/aromatic N) is 1. The molecule has 0 aromatic heterocycles. The van der Waals surface area contributed by atoms with Gasteiger partial charge in [-0.05, 0) is 0 Å². The van der Waals surface area contributed by atoms with Crippen LogP contribution in [0.25, 0.3) is 0 Å². The van der Waals surface area contributed by atoms with Crippen molar-refractivity contribution in [2.75, 3.05) is 14.1 Å². The van der Waals surface area contributed by atoms with E-state index in [0.29, 0.717) is 3.84 Å². The molecule has 1 aliphatic rings. The number of hydrogen-bond donors (Lipinski definition) is 0. The van der Waals surface area contributed by atoms with Gasteiger partial charge in [0.15, 0.2) is 0 Å². The van der Waals surface area contributed by atoms with Gasteiger partial charge in [-0.3, -0.25) is 0 Å². The summed E-state index contributed by atoms with van der Waals surface area (Å²) in [6, 6.07) is 3.15. The standard InChI is InChI=1S/C9H20NSi.Li/c1-9(10(2)3)11-7-5-4-6-8-11;/h11H,4-8H2,1-3H3;. The molecule has 0 aliphatic carbocycles. The molecule has 1 rings (SSSR count). The van der Waals surface area contributed by atoms with Crippen molar-refractivity contribution in [3.05, 3.63) is 0 Å². The first-order valence-corrected chi connectivity index (χ1v) is 7.43. The van der Waals surface area contributed by atoms with E-state index in [1.807, 2.05) is 0 Å². The van der Waals surface area contributed by atoms with Crippen LogP contribution in [0.1, 0.15) is 26.2 Å². The molecule has 0 radical (unpaired) electrons. The Labute approximate surface area is 87.7 Å². The third kappa shape index (κ3) is 2.39. The Kier molecular flexibility index (Phi) is 3.91. The molecule has 0 aromatic rings. The quantitative estimate of drug-likeness (QED) is 0.576. The van der Waals surface area contributed by atoms with E-state index >= 15 is 0 Å². The van der Waals surface area contributed by atoms with Crippen LogP contribution in [-0.2, 0) is 0 Å². The summed E-state index contributed by atoms with van der Waals surface area (Å²) in [6.45, 7) is 2.44. The van der Waals surface area contributed by atoms with E-state index in [4.69, 9.17) is 0 Å². The van der Waals surface area contributed by atoms with Gasteiger partial charge in [-0.2, -0.15) is 0 Å². The Morgan fingerprint density at radius 1 is 1.17 bits per heavy atom. The van der Waals surface area contributed by atoms with E-state index in [1.54, 1.807) is 12.1 Å². The van der Waals surface area contributed by atoms with Gasteiger partial charge in [0.1, 0.15) is 0 Å². The van der Waals surface area contributed by atoms with Crippen LogP contribution in [0.2, 0.25) is 12.1 Å². The summed E-state index contributed by atoms with van der Waals surface area (Å²) >= 11 is 2.44. The van der Waals surface area contributed by atoms with E-state index in [9.17, 15) is 0 Å². The second-order valence-corrected chi connectivity index (χ2v) is 8.84. The normalized spacial score (nSPS) is 25.8. The molecule has 0 amide bonds. The molecule has 1 nitrogen and oxygen atoms in total. The van der Waals surface area contributed by atoms with Crippen LogP contribution in [0.5, 0.6) is 0 Å². The van der Waals surface area contributed by atoms with Gasteiger partial charge in [-0.25, -0.2) is 0 Å². The van der Waals surface area contributed by atoms with Gasteiger partial charge in [-0.1, -0.05) is 0 Å². The second-order valence-electron chi connectivity index (χ2n) is 4.88. The molecule has 1 atom stereocenters. The first-order chi connectivity index (χ1) is 5.55. The molecule has 66 valence electrons.